The molecule has 0 aromatic heterocycles. The highest BCUT2D eigenvalue weighted by Gasteiger charge is 2.24. The van der Waals surface area contributed by atoms with Gasteiger partial charge in [-0.05, 0) is 19.3 Å². The standard InChI is InChI=1S/C12H22N2O2/c1-14(11-6-7-16-9-11)12(15)8-13-10-4-2-3-5-10/h10-11,13H,2-9H2,1H3. The van der Waals surface area contributed by atoms with Crippen molar-refractivity contribution in [3.8, 4) is 0 Å². The van der Waals surface area contributed by atoms with Crippen LogP contribution in [0.1, 0.15) is 32.1 Å². The quantitative estimate of drug-likeness (QED) is 0.769. The second-order valence-electron chi connectivity index (χ2n) is 4.88. The van der Waals surface area contributed by atoms with Crippen LogP contribution in [0.15, 0.2) is 0 Å². The molecule has 4 nitrogen and oxygen atoms in total. The van der Waals surface area contributed by atoms with Crippen LogP contribution in [-0.4, -0.2) is 49.7 Å². The molecule has 1 heterocycles. The van der Waals surface area contributed by atoms with Gasteiger partial charge in [0.05, 0.1) is 19.2 Å². The zero-order chi connectivity index (χ0) is 11.4. The molecule has 0 aromatic rings. The molecule has 16 heavy (non-hydrogen) atoms. The van der Waals surface area contributed by atoms with Crippen molar-refractivity contribution >= 4 is 5.91 Å². The first-order chi connectivity index (χ1) is 7.77. The molecule has 2 rings (SSSR count). The molecule has 2 fully saturated rings. The van der Waals surface area contributed by atoms with Gasteiger partial charge in [0, 0.05) is 19.7 Å². The van der Waals surface area contributed by atoms with Gasteiger partial charge in [0.15, 0.2) is 0 Å². The summed E-state index contributed by atoms with van der Waals surface area (Å²) in [5, 5.41) is 3.35. The van der Waals surface area contributed by atoms with Gasteiger partial charge < -0.3 is 15.0 Å². The summed E-state index contributed by atoms with van der Waals surface area (Å²) in [6, 6.07) is 0.857. The fourth-order valence-corrected chi connectivity index (χ4v) is 2.52. The highest BCUT2D eigenvalue weighted by Crippen LogP contribution is 2.17. The number of ether oxygens (including phenoxy) is 1. The first kappa shape index (κ1) is 11.9. The first-order valence-corrected chi connectivity index (χ1v) is 6.34. The molecule has 1 aliphatic carbocycles. The van der Waals surface area contributed by atoms with Gasteiger partial charge in [-0.2, -0.15) is 0 Å². The molecule has 1 amide bonds. The van der Waals surface area contributed by atoms with Crippen molar-refractivity contribution in [2.24, 2.45) is 0 Å². The third kappa shape index (κ3) is 2.95. The Morgan fingerprint density at radius 1 is 1.38 bits per heavy atom. The summed E-state index contributed by atoms with van der Waals surface area (Å²) in [5.74, 6) is 0.197. The summed E-state index contributed by atoms with van der Waals surface area (Å²) < 4.78 is 5.29. The van der Waals surface area contributed by atoms with Gasteiger partial charge in [0.25, 0.3) is 0 Å². The molecule has 1 N–H and O–H groups in total. The summed E-state index contributed by atoms with van der Waals surface area (Å²) in [6.45, 7) is 1.97. The van der Waals surface area contributed by atoms with E-state index >= 15 is 0 Å². The van der Waals surface area contributed by atoms with E-state index in [2.05, 4.69) is 5.32 Å². The lowest BCUT2D eigenvalue weighted by molar-refractivity contribution is -0.131. The minimum atomic E-state index is 0.197. The number of hydrogen-bond donors (Lipinski definition) is 1. The van der Waals surface area contributed by atoms with Crippen LogP contribution >= 0.6 is 0 Å². The van der Waals surface area contributed by atoms with Crippen molar-refractivity contribution in [1.82, 2.24) is 10.2 Å². The number of carbonyl (C=O) groups is 1. The lowest BCUT2D eigenvalue weighted by Gasteiger charge is -2.24. The monoisotopic (exact) mass is 226 g/mol. The smallest absolute Gasteiger partial charge is 0.236 e. The normalized spacial score (nSPS) is 26.2. The van der Waals surface area contributed by atoms with Gasteiger partial charge in [0.1, 0.15) is 0 Å². The van der Waals surface area contributed by atoms with Crippen LogP contribution in [0.25, 0.3) is 0 Å². The van der Waals surface area contributed by atoms with Gasteiger partial charge in [-0.1, -0.05) is 12.8 Å². The molecular formula is C12H22N2O2. The molecule has 2 aliphatic rings. The lowest BCUT2D eigenvalue weighted by atomic mass is 10.2. The number of likely N-dealkylation sites (N-methyl/N-ethyl adjacent to an activating group) is 1. The van der Waals surface area contributed by atoms with Gasteiger partial charge in [0.2, 0.25) is 5.91 Å². The van der Waals surface area contributed by atoms with Crippen molar-refractivity contribution in [1.29, 1.82) is 0 Å². The zero-order valence-corrected chi connectivity index (χ0v) is 10.1. The van der Waals surface area contributed by atoms with E-state index in [4.69, 9.17) is 4.74 Å². The maximum Gasteiger partial charge on any atom is 0.236 e. The second-order valence-corrected chi connectivity index (χ2v) is 4.88. The highest BCUT2D eigenvalue weighted by molar-refractivity contribution is 5.78. The Bertz CT molecular complexity index is 233. The summed E-state index contributed by atoms with van der Waals surface area (Å²) in [5.41, 5.74) is 0. The van der Waals surface area contributed by atoms with E-state index in [0.717, 1.165) is 13.0 Å². The third-order valence-corrected chi connectivity index (χ3v) is 3.74. The maximum absolute atomic E-state index is 11.9. The van der Waals surface area contributed by atoms with Gasteiger partial charge in [-0.15, -0.1) is 0 Å². The number of amides is 1. The molecule has 0 bridgehead atoms. The number of carbonyl (C=O) groups excluding carboxylic acids is 1. The van der Waals surface area contributed by atoms with E-state index in [1.165, 1.54) is 25.7 Å². The van der Waals surface area contributed by atoms with Crippen LogP contribution in [0.5, 0.6) is 0 Å². The fourth-order valence-electron chi connectivity index (χ4n) is 2.52. The Labute approximate surface area is 97.3 Å². The first-order valence-electron chi connectivity index (χ1n) is 6.34. The molecule has 0 radical (unpaired) electrons. The van der Waals surface area contributed by atoms with Crippen LogP contribution in [0.3, 0.4) is 0 Å². The molecule has 4 heteroatoms. The zero-order valence-electron chi connectivity index (χ0n) is 10.1. The summed E-state index contributed by atoms with van der Waals surface area (Å²) in [7, 11) is 1.89. The average molecular weight is 226 g/mol. The number of nitrogens with zero attached hydrogens (tertiary/aromatic N) is 1. The van der Waals surface area contributed by atoms with Crippen LogP contribution in [0.2, 0.25) is 0 Å². The number of hydrogen-bond acceptors (Lipinski definition) is 3. The van der Waals surface area contributed by atoms with Gasteiger partial charge in [-0.3, -0.25) is 4.79 Å². The third-order valence-electron chi connectivity index (χ3n) is 3.74. The molecule has 1 aliphatic heterocycles. The molecule has 92 valence electrons. The minimum absolute atomic E-state index is 0.197. The van der Waals surface area contributed by atoms with Crippen molar-refractivity contribution in [2.45, 2.75) is 44.2 Å². The number of rotatable bonds is 4. The van der Waals surface area contributed by atoms with Crippen molar-refractivity contribution in [3.05, 3.63) is 0 Å². The molecular weight excluding hydrogens is 204 g/mol. The SMILES string of the molecule is CN(C(=O)CNC1CCCC1)C1CCOC1. The Kier molecular flexibility index (Phi) is 4.18. The molecule has 0 aromatic carbocycles. The summed E-state index contributed by atoms with van der Waals surface area (Å²) in [6.07, 6.45) is 6.04. The Balaban J connectivity index is 1.69. The van der Waals surface area contributed by atoms with Crippen molar-refractivity contribution < 1.29 is 9.53 Å². The fraction of sp³-hybridized carbons (Fsp3) is 0.917. The Hall–Kier alpha value is -0.610. The van der Waals surface area contributed by atoms with Crippen LogP contribution < -0.4 is 5.32 Å². The minimum Gasteiger partial charge on any atom is -0.379 e. The molecule has 1 saturated heterocycles. The topological polar surface area (TPSA) is 41.6 Å². The lowest BCUT2D eigenvalue weighted by Crippen LogP contribution is -2.44. The molecule has 1 unspecified atom stereocenters. The van der Waals surface area contributed by atoms with Crippen molar-refractivity contribution in [2.75, 3.05) is 26.8 Å². The summed E-state index contributed by atoms with van der Waals surface area (Å²) in [4.78, 5) is 13.7. The highest BCUT2D eigenvalue weighted by atomic mass is 16.5. The Morgan fingerprint density at radius 3 is 2.75 bits per heavy atom. The summed E-state index contributed by atoms with van der Waals surface area (Å²) >= 11 is 0. The van der Waals surface area contributed by atoms with Gasteiger partial charge in [-0.25, -0.2) is 0 Å². The van der Waals surface area contributed by atoms with E-state index in [1.54, 1.807) is 0 Å². The predicted molar refractivity (Wildman–Crippen MR) is 62.3 cm³/mol. The van der Waals surface area contributed by atoms with Crippen molar-refractivity contribution in [3.63, 3.8) is 0 Å². The second kappa shape index (κ2) is 5.64. The van der Waals surface area contributed by atoms with E-state index < -0.39 is 0 Å². The average Bonchev–Trinajstić information content (AvgIpc) is 2.96. The van der Waals surface area contributed by atoms with E-state index in [0.29, 0.717) is 19.2 Å². The van der Waals surface area contributed by atoms with E-state index in [-0.39, 0.29) is 11.9 Å². The Morgan fingerprint density at radius 2 is 2.12 bits per heavy atom. The maximum atomic E-state index is 11.9. The molecule has 0 spiro atoms. The largest absolute Gasteiger partial charge is 0.379 e. The molecule has 1 atom stereocenters. The van der Waals surface area contributed by atoms with Crippen LogP contribution in [-0.2, 0) is 9.53 Å². The van der Waals surface area contributed by atoms with Crippen LogP contribution in [0, 0.1) is 0 Å². The van der Waals surface area contributed by atoms with Gasteiger partial charge >= 0.3 is 0 Å². The van der Waals surface area contributed by atoms with E-state index in [1.807, 2.05) is 11.9 Å². The molecule has 1 saturated carbocycles. The predicted octanol–water partition coefficient (Wildman–Crippen LogP) is 0.766. The number of nitrogens with one attached hydrogen (secondary N) is 1. The van der Waals surface area contributed by atoms with E-state index in [9.17, 15) is 4.79 Å². The van der Waals surface area contributed by atoms with Crippen LogP contribution in [0.4, 0.5) is 0 Å².